The molecular formula is C34H38F4O4. The van der Waals surface area contributed by atoms with Gasteiger partial charge in [-0.15, -0.1) is 0 Å². The van der Waals surface area contributed by atoms with Crippen LogP contribution in [0.5, 0.6) is 11.5 Å². The minimum atomic E-state index is -0.814. The Kier molecular flexibility index (Phi) is 16.3. The van der Waals surface area contributed by atoms with Crippen molar-refractivity contribution in [1.29, 1.82) is 0 Å². The van der Waals surface area contributed by atoms with Gasteiger partial charge in [-0.3, -0.25) is 13.6 Å². The molecule has 42 heavy (non-hydrogen) atoms. The molecule has 0 aromatic heterocycles. The first-order valence-corrected chi connectivity index (χ1v) is 13.0. The van der Waals surface area contributed by atoms with Crippen LogP contribution in [0.4, 0.5) is 17.6 Å². The van der Waals surface area contributed by atoms with Crippen molar-refractivity contribution in [3.05, 3.63) is 130 Å². The van der Waals surface area contributed by atoms with Crippen LogP contribution < -0.4 is 9.47 Å². The molecule has 1 unspecified atom stereocenters. The molecule has 4 aromatic carbocycles. The molecule has 1 atom stereocenters. The lowest BCUT2D eigenvalue weighted by Gasteiger charge is -2.10. The van der Waals surface area contributed by atoms with Crippen molar-refractivity contribution in [2.45, 2.75) is 47.0 Å². The molecule has 0 saturated heterocycles. The van der Waals surface area contributed by atoms with Crippen LogP contribution >= 0.6 is 0 Å². The number of carbonyl (C=O) groups excluding carboxylic acids is 1. The molecule has 1 N–H and O–H groups in total. The Hall–Kier alpha value is -4.17. The summed E-state index contributed by atoms with van der Waals surface area (Å²) in [6.07, 6.45) is -0.814. The third-order valence-electron chi connectivity index (χ3n) is 5.79. The van der Waals surface area contributed by atoms with E-state index in [1.165, 1.54) is 43.2 Å². The zero-order valence-electron chi connectivity index (χ0n) is 24.8. The Morgan fingerprint density at radius 3 is 1.45 bits per heavy atom. The van der Waals surface area contributed by atoms with Gasteiger partial charge in [-0.2, -0.15) is 0 Å². The second-order valence-corrected chi connectivity index (χ2v) is 9.11. The quantitative estimate of drug-likeness (QED) is 0.166. The number of ketones is 1. The van der Waals surface area contributed by atoms with Gasteiger partial charge in [0, 0.05) is 17.7 Å². The third kappa shape index (κ3) is 12.1. The van der Waals surface area contributed by atoms with Gasteiger partial charge in [0.25, 0.3) is 0 Å². The first-order valence-electron chi connectivity index (χ1n) is 13.0. The molecule has 0 heterocycles. The van der Waals surface area contributed by atoms with Crippen LogP contribution in [0.1, 0.15) is 58.1 Å². The molecule has 0 aliphatic rings. The number of aliphatic hydroxyl groups excluding tert-OH is 1. The zero-order valence-corrected chi connectivity index (χ0v) is 24.8. The number of halogens is 4. The largest absolute Gasteiger partial charge is 0.489 e. The van der Waals surface area contributed by atoms with Crippen LogP contribution in [0.15, 0.2) is 84.9 Å². The topological polar surface area (TPSA) is 55.8 Å². The Balaban J connectivity index is 0.000000376. The van der Waals surface area contributed by atoms with Crippen LogP contribution in [-0.4, -0.2) is 25.2 Å². The maximum absolute atomic E-state index is 13.6. The molecule has 0 saturated carbocycles. The summed E-state index contributed by atoms with van der Waals surface area (Å²) in [5.74, 6) is -0.404. The van der Waals surface area contributed by atoms with Gasteiger partial charge >= 0.3 is 0 Å². The summed E-state index contributed by atoms with van der Waals surface area (Å²) in [6.45, 7) is 7.68. The maximum atomic E-state index is 13.6. The number of rotatable bonds is 8. The number of benzene rings is 4. The van der Waals surface area contributed by atoms with Gasteiger partial charge in [0.1, 0.15) is 36.3 Å². The fraction of sp³-hybridized carbons (Fsp3) is 0.265. The predicted molar refractivity (Wildman–Crippen MR) is 159 cm³/mol. The smallest absolute Gasteiger partial charge is 0.162 e. The fourth-order valence-electron chi connectivity index (χ4n) is 3.51. The number of aryl methyl sites for hydroxylation is 2. The van der Waals surface area contributed by atoms with Crippen molar-refractivity contribution >= 4 is 5.78 Å². The molecule has 4 aromatic rings. The Labute approximate surface area is 245 Å². The van der Waals surface area contributed by atoms with Crippen LogP contribution in [0.3, 0.4) is 0 Å². The maximum Gasteiger partial charge on any atom is 0.162 e. The van der Waals surface area contributed by atoms with Crippen molar-refractivity contribution < 1.29 is 36.9 Å². The van der Waals surface area contributed by atoms with Gasteiger partial charge < -0.3 is 14.6 Å². The molecule has 226 valence electrons. The molecular weight excluding hydrogens is 548 g/mol. The molecule has 0 fully saturated rings. The van der Waals surface area contributed by atoms with Gasteiger partial charge in [0.05, 0.1) is 26.0 Å². The summed E-state index contributed by atoms with van der Waals surface area (Å²) in [5, 5.41) is 9.35. The van der Waals surface area contributed by atoms with Gasteiger partial charge in [0.15, 0.2) is 5.78 Å². The summed E-state index contributed by atoms with van der Waals surface area (Å²) >= 11 is 0. The lowest BCUT2D eigenvalue weighted by molar-refractivity contribution is 0.101. The molecule has 0 radical (unpaired) electrons. The normalized spacial score (nSPS) is 10.5. The fourth-order valence-corrected chi connectivity index (χ4v) is 3.51. The van der Waals surface area contributed by atoms with E-state index in [0.717, 1.165) is 11.1 Å². The predicted octanol–water partition coefficient (Wildman–Crippen LogP) is 8.85. The minimum Gasteiger partial charge on any atom is -0.489 e. The average molecular weight is 587 g/mol. The second kappa shape index (κ2) is 19.0. The average Bonchev–Trinajstić information content (AvgIpc) is 2.99. The summed E-state index contributed by atoms with van der Waals surface area (Å²) < 4.78 is 57.2. The SMILES string of the molecule is CC(=O)c1ccc(OCc2ccc(C)cc2)cc1F.CF.CF.Cc1ccc(COc2ccc(C(C)O)c(F)c2)cc1. The number of aliphatic hydroxyl groups is 1. The summed E-state index contributed by atoms with van der Waals surface area (Å²) in [6, 6.07) is 24.7. The highest BCUT2D eigenvalue weighted by atomic mass is 19.1. The van der Waals surface area contributed by atoms with Gasteiger partial charge in [-0.25, -0.2) is 8.78 Å². The van der Waals surface area contributed by atoms with Crippen molar-refractivity contribution in [2.75, 3.05) is 14.4 Å². The third-order valence-corrected chi connectivity index (χ3v) is 5.79. The van der Waals surface area contributed by atoms with Gasteiger partial charge in [0.2, 0.25) is 0 Å². The highest BCUT2D eigenvalue weighted by molar-refractivity contribution is 5.94. The summed E-state index contributed by atoms with van der Waals surface area (Å²) in [4.78, 5) is 11.1. The van der Waals surface area contributed by atoms with Crippen LogP contribution in [0, 0.1) is 25.5 Å². The Morgan fingerprint density at radius 2 is 1.10 bits per heavy atom. The van der Waals surface area contributed by atoms with Gasteiger partial charge in [-0.1, -0.05) is 59.7 Å². The number of ether oxygens (including phenoxy) is 2. The highest BCUT2D eigenvalue weighted by Crippen LogP contribution is 2.22. The van der Waals surface area contributed by atoms with Crippen LogP contribution in [0.2, 0.25) is 0 Å². The lowest BCUT2D eigenvalue weighted by Crippen LogP contribution is -1.99. The van der Waals surface area contributed by atoms with E-state index in [-0.39, 0.29) is 16.9 Å². The van der Waals surface area contributed by atoms with E-state index in [0.29, 0.717) is 39.1 Å². The van der Waals surface area contributed by atoms with Crippen molar-refractivity contribution in [3.63, 3.8) is 0 Å². The zero-order chi connectivity index (χ0) is 31.7. The molecule has 0 aliphatic heterocycles. The number of hydrogen-bond acceptors (Lipinski definition) is 4. The molecule has 0 spiro atoms. The minimum absolute atomic E-state index is 0.0858. The first kappa shape index (κ1) is 35.9. The molecule has 4 rings (SSSR count). The van der Waals surface area contributed by atoms with Crippen molar-refractivity contribution in [3.8, 4) is 11.5 Å². The molecule has 4 nitrogen and oxygen atoms in total. The lowest BCUT2D eigenvalue weighted by atomic mass is 10.1. The molecule has 0 aliphatic carbocycles. The number of carbonyl (C=O) groups is 1. The summed E-state index contributed by atoms with van der Waals surface area (Å²) in [7, 11) is 1.00. The molecule has 0 amide bonds. The highest BCUT2D eigenvalue weighted by Gasteiger charge is 2.10. The van der Waals surface area contributed by atoms with E-state index in [9.17, 15) is 27.5 Å². The van der Waals surface area contributed by atoms with E-state index >= 15 is 0 Å². The number of alkyl halides is 2. The van der Waals surface area contributed by atoms with Crippen LogP contribution in [0.25, 0.3) is 0 Å². The van der Waals surface area contributed by atoms with E-state index in [2.05, 4.69) is 0 Å². The molecule has 0 bridgehead atoms. The first-order chi connectivity index (χ1) is 20.1. The van der Waals surface area contributed by atoms with E-state index in [1.807, 2.05) is 62.4 Å². The Bertz CT molecular complexity index is 1360. The molecule has 8 heteroatoms. The van der Waals surface area contributed by atoms with Crippen molar-refractivity contribution in [1.82, 2.24) is 0 Å². The Morgan fingerprint density at radius 1 is 0.690 bits per heavy atom. The van der Waals surface area contributed by atoms with Gasteiger partial charge in [-0.05, 0) is 63.1 Å². The summed E-state index contributed by atoms with van der Waals surface area (Å²) in [5.41, 5.74) is 4.79. The van der Waals surface area contributed by atoms with Crippen molar-refractivity contribution in [2.24, 2.45) is 0 Å². The van der Waals surface area contributed by atoms with E-state index < -0.39 is 17.7 Å². The van der Waals surface area contributed by atoms with Crippen LogP contribution in [-0.2, 0) is 13.2 Å². The van der Waals surface area contributed by atoms with E-state index in [1.54, 1.807) is 18.2 Å². The second-order valence-electron chi connectivity index (χ2n) is 9.11. The van der Waals surface area contributed by atoms with E-state index in [4.69, 9.17) is 9.47 Å². The standard InChI is InChI=1S/C16H17FO2.C16H15FO2.2CH3F/c2*1-11-3-5-13(6-4-11)10-19-14-7-8-15(12(2)18)16(17)9-14;2*1-2/h3-9,12,18H,10H2,1-2H3;3-9H,10H2,1-2H3;2*1H3. The number of hydrogen-bond donors (Lipinski definition) is 1. The monoisotopic (exact) mass is 586 g/mol. The number of Topliss-reactive ketones (excluding diaryl/α,β-unsaturated/α-hetero) is 1.